The van der Waals surface area contributed by atoms with Crippen molar-refractivity contribution in [2.24, 2.45) is 0 Å². The third-order valence-electron chi connectivity index (χ3n) is 0.633. The summed E-state index contributed by atoms with van der Waals surface area (Å²) in [6, 6.07) is 0. The molecule has 0 aromatic carbocycles. The van der Waals surface area contributed by atoms with Gasteiger partial charge in [0.25, 0.3) is 0 Å². The third-order valence-corrected chi connectivity index (χ3v) is 0.633. The van der Waals surface area contributed by atoms with E-state index in [-0.39, 0.29) is 5.76 Å². The Balaban J connectivity index is 3.01. The van der Waals surface area contributed by atoms with Crippen LogP contribution in [0.1, 0.15) is 5.76 Å². The number of rotatable bonds is 1. The van der Waals surface area contributed by atoms with E-state index >= 15 is 0 Å². The van der Waals surface area contributed by atoms with Crippen molar-refractivity contribution in [1.82, 2.24) is 0 Å². The lowest BCUT2D eigenvalue weighted by atomic mass is 10.6. The van der Waals surface area contributed by atoms with Crippen LogP contribution in [0.25, 0.3) is 0 Å². The maximum atomic E-state index is 11.4. The van der Waals surface area contributed by atoms with Crippen LogP contribution in [0.5, 0.6) is 0 Å². The summed E-state index contributed by atoms with van der Waals surface area (Å²) in [5.74, 6) is -0.937. The minimum atomic E-state index is -0.863. The van der Waals surface area contributed by atoms with Crippen LogP contribution in [0.3, 0.4) is 0 Å². The van der Waals surface area contributed by atoms with E-state index in [1.54, 1.807) is 0 Å². The fourth-order valence-electron chi connectivity index (χ4n) is 0.328. The van der Waals surface area contributed by atoms with Crippen LogP contribution in [-0.4, -0.2) is 0 Å². The van der Waals surface area contributed by atoms with E-state index < -0.39 is 12.5 Å². The molecule has 0 aliphatic heterocycles. The Kier molecular flexibility index (Phi) is 1.15. The van der Waals surface area contributed by atoms with E-state index in [1.807, 2.05) is 0 Å². The lowest BCUT2D eigenvalue weighted by Crippen LogP contribution is -1.85. The fraction of sp³-hybridized carbons (Fsp3) is 0.250. The number of hydrogen-bond donors (Lipinski definition) is 0. The molecule has 0 N–H and O–H groups in total. The number of halogens is 1. The summed E-state index contributed by atoms with van der Waals surface area (Å²) in [6.45, 7) is -0.800. The number of hydrogen-bond acceptors (Lipinski definition) is 3. The predicted molar refractivity (Wildman–Crippen MR) is 22.1 cm³/mol. The monoisotopic (exact) mass is 118 g/mol. The molecule has 0 spiro atoms. The summed E-state index contributed by atoms with van der Waals surface area (Å²) < 4.78 is 19.7. The van der Waals surface area contributed by atoms with E-state index in [0.29, 0.717) is 0 Å². The van der Waals surface area contributed by atoms with Crippen molar-refractivity contribution in [1.29, 1.82) is 0 Å². The highest BCUT2D eigenvalue weighted by atomic mass is 19.1. The molecule has 0 unspecified atom stereocenters. The van der Waals surface area contributed by atoms with Crippen molar-refractivity contribution in [3.63, 3.8) is 0 Å². The van der Waals surface area contributed by atoms with Crippen LogP contribution < -0.4 is 5.82 Å². The molecule has 44 valence electrons. The summed E-state index contributed by atoms with van der Waals surface area (Å²) in [4.78, 5) is 9.95. The zero-order valence-electron chi connectivity index (χ0n) is 3.89. The van der Waals surface area contributed by atoms with Crippen LogP contribution in [0.4, 0.5) is 4.39 Å². The topological polar surface area (TPSA) is 43.4 Å². The molecular weight excluding hydrogens is 115 g/mol. The summed E-state index contributed by atoms with van der Waals surface area (Å²) in [5, 5.41) is 0. The Bertz CT molecular complexity index is 211. The van der Waals surface area contributed by atoms with Gasteiger partial charge >= 0.3 is 5.82 Å². The molecule has 0 saturated carbocycles. The Hall–Kier alpha value is -1.06. The molecule has 0 atom stereocenters. The van der Waals surface area contributed by atoms with E-state index in [2.05, 4.69) is 8.83 Å². The van der Waals surface area contributed by atoms with E-state index in [0.717, 1.165) is 6.26 Å². The standard InChI is InChI=1S/C4H3FO3/c5-1-3-2-7-4(6)8-3/h2H,1H2. The first kappa shape index (κ1) is 5.08. The first-order valence-electron chi connectivity index (χ1n) is 1.96. The van der Waals surface area contributed by atoms with Crippen molar-refractivity contribution in [2.75, 3.05) is 0 Å². The SMILES string of the molecule is O=c1occ(CF)o1. The molecule has 0 radical (unpaired) electrons. The highest BCUT2D eigenvalue weighted by Gasteiger charge is 1.96. The molecule has 1 aromatic heterocycles. The van der Waals surface area contributed by atoms with E-state index in [4.69, 9.17) is 0 Å². The summed E-state index contributed by atoms with van der Waals surface area (Å²) in [5.41, 5.74) is 0. The Morgan fingerprint density at radius 1 is 1.75 bits per heavy atom. The molecule has 1 rings (SSSR count). The maximum Gasteiger partial charge on any atom is 0.518 e. The zero-order valence-corrected chi connectivity index (χ0v) is 3.89. The highest BCUT2D eigenvalue weighted by Crippen LogP contribution is 1.95. The molecule has 0 bridgehead atoms. The molecule has 0 fully saturated rings. The number of alkyl halides is 1. The molecule has 3 nitrogen and oxygen atoms in total. The molecule has 8 heavy (non-hydrogen) atoms. The minimum absolute atomic E-state index is 0.0741. The van der Waals surface area contributed by atoms with Crippen LogP contribution >= 0.6 is 0 Å². The van der Waals surface area contributed by atoms with Crippen molar-refractivity contribution >= 4 is 0 Å². The van der Waals surface area contributed by atoms with E-state index in [1.165, 1.54) is 0 Å². The van der Waals surface area contributed by atoms with Gasteiger partial charge in [0.05, 0.1) is 0 Å². The first-order valence-corrected chi connectivity index (χ1v) is 1.96. The molecule has 4 heteroatoms. The van der Waals surface area contributed by atoms with Gasteiger partial charge in [-0.05, 0) is 0 Å². The zero-order chi connectivity index (χ0) is 5.98. The van der Waals surface area contributed by atoms with Gasteiger partial charge in [-0.1, -0.05) is 0 Å². The van der Waals surface area contributed by atoms with Crippen molar-refractivity contribution in [3.05, 3.63) is 22.6 Å². The quantitative estimate of drug-likeness (QED) is 0.545. The van der Waals surface area contributed by atoms with Crippen LogP contribution in [0.2, 0.25) is 0 Å². The maximum absolute atomic E-state index is 11.4. The van der Waals surface area contributed by atoms with Crippen LogP contribution in [0, 0.1) is 0 Å². The molecular formula is C4H3FO3. The van der Waals surface area contributed by atoms with Gasteiger partial charge in [-0.15, -0.1) is 0 Å². The first-order chi connectivity index (χ1) is 3.83. The summed E-state index contributed by atoms with van der Waals surface area (Å²) >= 11 is 0. The largest absolute Gasteiger partial charge is 0.518 e. The second-order valence-corrected chi connectivity index (χ2v) is 1.19. The van der Waals surface area contributed by atoms with Gasteiger partial charge in [-0.2, -0.15) is 0 Å². The lowest BCUT2D eigenvalue weighted by Gasteiger charge is -1.72. The Morgan fingerprint density at radius 2 is 2.50 bits per heavy atom. The van der Waals surface area contributed by atoms with Crippen molar-refractivity contribution in [3.8, 4) is 0 Å². The molecule has 0 amide bonds. The van der Waals surface area contributed by atoms with Gasteiger partial charge in [-0.3, -0.25) is 0 Å². The molecule has 0 aliphatic carbocycles. The van der Waals surface area contributed by atoms with Gasteiger partial charge < -0.3 is 8.83 Å². The normalized spacial score (nSPS) is 9.62. The molecule has 0 aliphatic rings. The Morgan fingerprint density at radius 3 is 2.75 bits per heavy atom. The molecule has 0 saturated heterocycles. The third kappa shape index (κ3) is 0.776. The summed E-state index contributed by atoms with van der Waals surface area (Å²) in [6.07, 6.45) is 0.947. The van der Waals surface area contributed by atoms with E-state index in [9.17, 15) is 9.18 Å². The van der Waals surface area contributed by atoms with Crippen molar-refractivity contribution < 1.29 is 13.2 Å². The average molecular weight is 118 g/mol. The predicted octanol–water partition coefficient (Wildman–Crippen LogP) is 0.702. The Labute approximate surface area is 43.7 Å². The molecule has 1 heterocycles. The van der Waals surface area contributed by atoms with Gasteiger partial charge in [0.15, 0.2) is 12.4 Å². The van der Waals surface area contributed by atoms with Crippen molar-refractivity contribution in [2.45, 2.75) is 6.67 Å². The van der Waals surface area contributed by atoms with Gasteiger partial charge in [-0.25, -0.2) is 9.18 Å². The minimum Gasteiger partial charge on any atom is -0.399 e. The second kappa shape index (κ2) is 1.81. The van der Waals surface area contributed by atoms with Gasteiger partial charge in [0.1, 0.15) is 6.26 Å². The highest BCUT2D eigenvalue weighted by molar-refractivity contribution is 4.80. The van der Waals surface area contributed by atoms with Gasteiger partial charge in [0.2, 0.25) is 0 Å². The average Bonchev–Trinajstić information content (AvgIpc) is 2.14. The fourth-order valence-corrected chi connectivity index (χ4v) is 0.328. The van der Waals surface area contributed by atoms with Crippen LogP contribution in [0.15, 0.2) is 19.9 Å². The summed E-state index contributed by atoms with van der Waals surface area (Å²) in [7, 11) is 0. The second-order valence-electron chi connectivity index (χ2n) is 1.19. The smallest absolute Gasteiger partial charge is 0.399 e. The van der Waals surface area contributed by atoms with Gasteiger partial charge in [0, 0.05) is 0 Å². The lowest BCUT2D eigenvalue weighted by molar-refractivity contribution is 0.344. The molecule has 1 aromatic rings. The van der Waals surface area contributed by atoms with Crippen LogP contribution in [-0.2, 0) is 6.67 Å².